The number of rotatable bonds is 5. The summed E-state index contributed by atoms with van der Waals surface area (Å²) in [5.41, 5.74) is 1.32. The molecule has 0 aliphatic carbocycles. The second kappa shape index (κ2) is 7.27. The van der Waals surface area contributed by atoms with Crippen molar-refractivity contribution in [2.45, 2.75) is 25.8 Å². The fraction of sp³-hybridized carbons (Fsp3) is 0.600. The van der Waals surface area contributed by atoms with Crippen LogP contribution in [0.4, 0.5) is 0 Å². The third-order valence-corrected chi connectivity index (χ3v) is 4.32. The molecule has 2 rings (SSSR count). The molecule has 0 spiro atoms. The zero-order chi connectivity index (χ0) is 13.7. The lowest BCUT2D eigenvalue weighted by atomic mass is 9.87. The van der Waals surface area contributed by atoms with Crippen LogP contribution in [-0.2, 0) is 4.74 Å². The highest BCUT2D eigenvalue weighted by molar-refractivity contribution is 9.10. The van der Waals surface area contributed by atoms with Crippen molar-refractivity contribution in [3.63, 3.8) is 0 Å². The fourth-order valence-electron chi connectivity index (χ4n) is 2.70. The predicted octanol–water partition coefficient (Wildman–Crippen LogP) is 3.53. The van der Waals surface area contributed by atoms with E-state index in [1.807, 2.05) is 6.07 Å². The molecular formula is C15H22BrNO2. The zero-order valence-corrected chi connectivity index (χ0v) is 13.2. The predicted molar refractivity (Wildman–Crippen MR) is 80.7 cm³/mol. The maximum absolute atomic E-state index is 5.47. The van der Waals surface area contributed by atoms with Crippen LogP contribution in [0.3, 0.4) is 0 Å². The largest absolute Gasteiger partial charge is 0.496 e. The Kier molecular flexibility index (Phi) is 5.67. The highest BCUT2D eigenvalue weighted by Gasteiger charge is 2.25. The van der Waals surface area contributed by atoms with E-state index in [4.69, 9.17) is 9.47 Å². The minimum absolute atomic E-state index is 0.399. The van der Waals surface area contributed by atoms with Gasteiger partial charge in [0.2, 0.25) is 0 Å². The Hall–Kier alpha value is -0.580. The molecule has 1 N–H and O–H groups in total. The van der Waals surface area contributed by atoms with Crippen molar-refractivity contribution >= 4 is 15.9 Å². The molecule has 1 aliphatic heterocycles. The van der Waals surface area contributed by atoms with E-state index in [9.17, 15) is 0 Å². The molecule has 1 saturated heterocycles. The van der Waals surface area contributed by atoms with E-state index in [0.29, 0.717) is 12.0 Å². The summed E-state index contributed by atoms with van der Waals surface area (Å²) < 4.78 is 11.8. The van der Waals surface area contributed by atoms with E-state index in [-0.39, 0.29) is 0 Å². The van der Waals surface area contributed by atoms with Gasteiger partial charge >= 0.3 is 0 Å². The van der Waals surface area contributed by atoms with Crippen molar-refractivity contribution in [2.24, 2.45) is 5.92 Å². The number of halogens is 1. The Labute approximate surface area is 123 Å². The van der Waals surface area contributed by atoms with Gasteiger partial charge < -0.3 is 14.8 Å². The van der Waals surface area contributed by atoms with Crippen molar-refractivity contribution in [1.29, 1.82) is 0 Å². The number of nitrogens with one attached hydrogen (secondary N) is 1. The molecule has 0 amide bonds. The fourth-order valence-corrected chi connectivity index (χ4v) is 3.26. The van der Waals surface area contributed by atoms with Crippen LogP contribution in [0.5, 0.6) is 5.75 Å². The van der Waals surface area contributed by atoms with Crippen molar-refractivity contribution in [3.8, 4) is 5.75 Å². The first kappa shape index (κ1) is 14.8. The van der Waals surface area contributed by atoms with Gasteiger partial charge in [-0.25, -0.2) is 0 Å². The van der Waals surface area contributed by atoms with E-state index in [0.717, 1.165) is 42.8 Å². The Morgan fingerprint density at radius 3 is 2.74 bits per heavy atom. The summed E-state index contributed by atoms with van der Waals surface area (Å²) in [7, 11) is 1.69. The average Bonchev–Trinajstić information content (AvgIpc) is 2.45. The number of methoxy groups -OCH3 is 1. The molecule has 1 unspecified atom stereocenters. The third kappa shape index (κ3) is 3.71. The summed E-state index contributed by atoms with van der Waals surface area (Å²) >= 11 is 3.57. The molecule has 1 fully saturated rings. The van der Waals surface area contributed by atoms with Crippen LogP contribution < -0.4 is 10.1 Å². The van der Waals surface area contributed by atoms with Crippen LogP contribution in [0.15, 0.2) is 22.7 Å². The summed E-state index contributed by atoms with van der Waals surface area (Å²) in [6, 6.07) is 6.76. The SMILES string of the molecule is CCNC(c1ccc(OC)c(Br)c1)C1CCOCC1. The quantitative estimate of drug-likeness (QED) is 0.897. The molecule has 1 heterocycles. The van der Waals surface area contributed by atoms with Gasteiger partial charge in [-0.3, -0.25) is 0 Å². The standard InChI is InChI=1S/C15H22BrNO2/c1-3-17-15(11-6-8-19-9-7-11)12-4-5-14(18-2)13(16)10-12/h4-5,10-11,15,17H,3,6-9H2,1-2H3. The summed E-state index contributed by atoms with van der Waals surface area (Å²) in [5, 5.41) is 3.62. The summed E-state index contributed by atoms with van der Waals surface area (Å²) in [6.07, 6.45) is 2.25. The molecule has 3 nitrogen and oxygen atoms in total. The van der Waals surface area contributed by atoms with Crippen LogP contribution in [-0.4, -0.2) is 26.9 Å². The zero-order valence-electron chi connectivity index (χ0n) is 11.6. The smallest absolute Gasteiger partial charge is 0.133 e. The molecule has 1 aliphatic rings. The lowest BCUT2D eigenvalue weighted by Crippen LogP contribution is -2.32. The topological polar surface area (TPSA) is 30.5 Å². The number of hydrogen-bond donors (Lipinski definition) is 1. The van der Waals surface area contributed by atoms with Gasteiger partial charge in [-0.15, -0.1) is 0 Å². The molecule has 0 bridgehead atoms. The molecule has 0 aromatic heterocycles. The van der Waals surface area contributed by atoms with Gasteiger partial charge in [-0.05, 0) is 58.9 Å². The maximum Gasteiger partial charge on any atom is 0.133 e. The van der Waals surface area contributed by atoms with Crippen LogP contribution in [0, 0.1) is 5.92 Å². The Morgan fingerprint density at radius 2 is 2.16 bits per heavy atom. The summed E-state index contributed by atoms with van der Waals surface area (Å²) in [4.78, 5) is 0. The van der Waals surface area contributed by atoms with Gasteiger partial charge in [0, 0.05) is 19.3 Å². The van der Waals surface area contributed by atoms with Gasteiger partial charge in [0.05, 0.1) is 11.6 Å². The van der Waals surface area contributed by atoms with Crippen molar-refractivity contribution in [3.05, 3.63) is 28.2 Å². The molecule has 1 aromatic carbocycles. The Morgan fingerprint density at radius 1 is 1.42 bits per heavy atom. The first-order valence-corrected chi connectivity index (χ1v) is 7.70. The molecule has 106 valence electrons. The minimum Gasteiger partial charge on any atom is -0.496 e. The molecule has 4 heteroatoms. The first-order chi connectivity index (χ1) is 9.26. The van der Waals surface area contributed by atoms with E-state index in [1.54, 1.807) is 7.11 Å². The number of benzene rings is 1. The Balaban J connectivity index is 2.19. The van der Waals surface area contributed by atoms with Gasteiger partial charge in [-0.1, -0.05) is 13.0 Å². The van der Waals surface area contributed by atoms with E-state index >= 15 is 0 Å². The molecule has 0 radical (unpaired) electrons. The first-order valence-electron chi connectivity index (χ1n) is 6.90. The van der Waals surface area contributed by atoms with E-state index in [2.05, 4.69) is 40.3 Å². The van der Waals surface area contributed by atoms with Crippen LogP contribution in [0.1, 0.15) is 31.4 Å². The Bertz CT molecular complexity index is 405. The van der Waals surface area contributed by atoms with Crippen molar-refractivity contribution in [2.75, 3.05) is 26.9 Å². The van der Waals surface area contributed by atoms with Crippen LogP contribution >= 0.6 is 15.9 Å². The van der Waals surface area contributed by atoms with E-state index < -0.39 is 0 Å². The lowest BCUT2D eigenvalue weighted by Gasteiger charge is -2.31. The summed E-state index contributed by atoms with van der Waals surface area (Å²) in [5.74, 6) is 1.53. The van der Waals surface area contributed by atoms with E-state index in [1.165, 1.54) is 5.56 Å². The van der Waals surface area contributed by atoms with Crippen molar-refractivity contribution in [1.82, 2.24) is 5.32 Å². The monoisotopic (exact) mass is 327 g/mol. The van der Waals surface area contributed by atoms with Crippen LogP contribution in [0.25, 0.3) is 0 Å². The van der Waals surface area contributed by atoms with Gasteiger partial charge in [-0.2, -0.15) is 0 Å². The second-order valence-corrected chi connectivity index (χ2v) is 5.73. The second-order valence-electron chi connectivity index (χ2n) is 4.88. The normalized spacial score (nSPS) is 18.3. The van der Waals surface area contributed by atoms with Crippen LogP contribution in [0.2, 0.25) is 0 Å². The summed E-state index contributed by atoms with van der Waals surface area (Å²) in [6.45, 7) is 4.89. The number of hydrogen-bond acceptors (Lipinski definition) is 3. The highest BCUT2D eigenvalue weighted by atomic mass is 79.9. The van der Waals surface area contributed by atoms with Gasteiger partial charge in [0.15, 0.2) is 0 Å². The van der Waals surface area contributed by atoms with Gasteiger partial charge in [0.25, 0.3) is 0 Å². The minimum atomic E-state index is 0.399. The van der Waals surface area contributed by atoms with Crippen molar-refractivity contribution < 1.29 is 9.47 Å². The molecular weight excluding hydrogens is 306 g/mol. The molecule has 1 aromatic rings. The lowest BCUT2D eigenvalue weighted by molar-refractivity contribution is 0.0538. The molecule has 1 atom stereocenters. The average molecular weight is 328 g/mol. The number of ether oxygens (including phenoxy) is 2. The highest BCUT2D eigenvalue weighted by Crippen LogP contribution is 2.34. The van der Waals surface area contributed by atoms with Gasteiger partial charge in [0.1, 0.15) is 5.75 Å². The molecule has 0 saturated carbocycles. The third-order valence-electron chi connectivity index (χ3n) is 3.70. The maximum atomic E-state index is 5.47. The molecule has 19 heavy (non-hydrogen) atoms.